The number of thioether (sulfide) groups is 1. The van der Waals surface area contributed by atoms with Crippen molar-refractivity contribution in [1.82, 2.24) is 5.32 Å². The van der Waals surface area contributed by atoms with Crippen molar-refractivity contribution < 1.29 is 14.7 Å². The Hall–Kier alpha value is -3.06. The topological polar surface area (TPSA) is 90.8 Å². The number of aliphatic carboxylic acids is 1. The largest absolute Gasteiger partial charge is 0.481 e. The SMILES string of the molecule is CC1=C(C(=O)Nc2ccccc2)C(c2ccccc2)N=C(SCCC(=O)O)N1. The quantitative estimate of drug-likeness (QED) is 0.692. The lowest BCUT2D eigenvalue weighted by Crippen LogP contribution is -2.32. The van der Waals surface area contributed by atoms with Crippen molar-refractivity contribution in [2.75, 3.05) is 11.1 Å². The first-order chi connectivity index (χ1) is 13.5. The summed E-state index contributed by atoms with van der Waals surface area (Å²) >= 11 is 1.34. The summed E-state index contributed by atoms with van der Waals surface area (Å²) in [7, 11) is 0. The first-order valence-electron chi connectivity index (χ1n) is 8.86. The molecule has 144 valence electrons. The lowest BCUT2D eigenvalue weighted by Gasteiger charge is -2.26. The molecule has 0 saturated carbocycles. The Balaban J connectivity index is 1.86. The lowest BCUT2D eigenvalue weighted by atomic mass is 9.96. The highest BCUT2D eigenvalue weighted by Crippen LogP contribution is 2.32. The number of allylic oxidation sites excluding steroid dienone is 1. The summed E-state index contributed by atoms with van der Waals surface area (Å²) in [5.41, 5.74) is 2.86. The second kappa shape index (κ2) is 9.23. The Bertz CT molecular complexity index is 911. The highest BCUT2D eigenvalue weighted by molar-refractivity contribution is 8.13. The van der Waals surface area contributed by atoms with Gasteiger partial charge in [-0.1, -0.05) is 60.3 Å². The van der Waals surface area contributed by atoms with E-state index in [9.17, 15) is 9.59 Å². The minimum atomic E-state index is -0.848. The molecule has 3 rings (SSSR count). The van der Waals surface area contributed by atoms with Crippen molar-refractivity contribution in [1.29, 1.82) is 0 Å². The Morgan fingerprint density at radius 2 is 1.75 bits per heavy atom. The summed E-state index contributed by atoms with van der Waals surface area (Å²) in [6, 6.07) is 18.4. The van der Waals surface area contributed by atoms with E-state index in [0.29, 0.717) is 27.9 Å². The smallest absolute Gasteiger partial charge is 0.304 e. The van der Waals surface area contributed by atoms with Gasteiger partial charge >= 0.3 is 5.97 Å². The zero-order valence-corrected chi connectivity index (χ0v) is 16.2. The number of aliphatic imine (C=N–C) groups is 1. The number of nitrogens with one attached hydrogen (secondary N) is 2. The summed E-state index contributed by atoms with van der Waals surface area (Å²) < 4.78 is 0. The van der Waals surface area contributed by atoms with Crippen LogP contribution in [0.3, 0.4) is 0 Å². The van der Waals surface area contributed by atoms with E-state index in [1.807, 2.05) is 67.6 Å². The summed E-state index contributed by atoms with van der Waals surface area (Å²) in [5, 5.41) is 15.5. The predicted octanol–water partition coefficient (Wildman–Crippen LogP) is 3.81. The van der Waals surface area contributed by atoms with Crippen molar-refractivity contribution >= 4 is 34.5 Å². The van der Waals surface area contributed by atoms with Crippen molar-refractivity contribution in [3.63, 3.8) is 0 Å². The van der Waals surface area contributed by atoms with Crippen LogP contribution < -0.4 is 10.6 Å². The maximum absolute atomic E-state index is 13.0. The molecular weight excluding hydrogens is 374 g/mol. The van der Waals surface area contributed by atoms with Crippen LogP contribution in [-0.2, 0) is 9.59 Å². The van der Waals surface area contributed by atoms with E-state index in [1.165, 1.54) is 11.8 Å². The first-order valence-corrected chi connectivity index (χ1v) is 9.84. The monoisotopic (exact) mass is 395 g/mol. The zero-order valence-electron chi connectivity index (χ0n) is 15.4. The third-order valence-electron chi connectivity index (χ3n) is 4.16. The number of nitrogens with zero attached hydrogens (tertiary/aromatic N) is 1. The Morgan fingerprint density at radius 3 is 2.39 bits per heavy atom. The number of anilines is 1. The van der Waals surface area contributed by atoms with Crippen LogP contribution in [0.1, 0.15) is 24.9 Å². The van der Waals surface area contributed by atoms with Crippen LogP contribution in [0.2, 0.25) is 0 Å². The van der Waals surface area contributed by atoms with Crippen LogP contribution in [0.25, 0.3) is 0 Å². The van der Waals surface area contributed by atoms with Gasteiger partial charge in [0, 0.05) is 17.1 Å². The van der Waals surface area contributed by atoms with E-state index in [2.05, 4.69) is 10.6 Å². The number of carbonyl (C=O) groups excluding carboxylic acids is 1. The summed E-state index contributed by atoms with van der Waals surface area (Å²) in [5.74, 6) is -0.663. The molecular formula is C21H21N3O3S. The second-order valence-corrected chi connectivity index (χ2v) is 7.31. The number of benzene rings is 2. The molecule has 0 saturated heterocycles. The number of carbonyl (C=O) groups is 2. The molecule has 1 heterocycles. The normalized spacial score (nSPS) is 16.2. The maximum atomic E-state index is 13.0. The molecule has 6 nitrogen and oxygen atoms in total. The molecule has 28 heavy (non-hydrogen) atoms. The third kappa shape index (κ3) is 5.01. The van der Waals surface area contributed by atoms with Gasteiger partial charge in [0.15, 0.2) is 5.17 Å². The first kappa shape index (κ1) is 19.7. The molecule has 7 heteroatoms. The lowest BCUT2D eigenvalue weighted by molar-refractivity contribution is -0.136. The number of carboxylic acids is 1. The molecule has 1 unspecified atom stereocenters. The molecule has 3 N–H and O–H groups in total. The van der Waals surface area contributed by atoms with Crippen LogP contribution in [0.5, 0.6) is 0 Å². The molecule has 0 fully saturated rings. The van der Waals surface area contributed by atoms with E-state index < -0.39 is 12.0 Å². The average molecular weight is 395 g/mol. The average Bonchev–Trinajstić information content (AvgIpc) is 2.68. The van der Waals surface area contributed by atoms with E-state index in [-0.39, 0.29) is 12.3 Å². The molecule has 0 bridgehead atoms. The Kier molecular flexibility index (Phi) is 6.49. The van der Waals surface area contributed by atoms with Gasteiger partial charge in [0.05, 0.1) is 12.0 Å². The van der Waals surface area contributed by atoms with Gasteiger partial charge in [-0.25, -0.2) is 4.99 Å². The van der Waals surface area contributed by atoms with Crippen molar-refractivity contribution in [3.05, 3.63) is 77.5 Å². The number of hydrogen-bond donors (Lipinski definition) is 3. The zero-order chi connectivity index (χ0) is 19.9. The van der Waals surface area contributed by atoms with Crippen molar-refractivity contribution in [2.45, 2.75) is 19.4 Å². The molecule has 1 aliphatic rings. The molecule has 2 aromatic rings. The van der Waals surface area contributed by atoms with E-state index >= 15 is 0 Å². The molecule has 1 atom stereocenters. The number of hydrogen-bond acceptors (Lipinski definition) is 5. The molecule has 0 aliphatic carbocycles. The fourth-order valence-electron chi connectivity index (χ4n) is 2.85. The maximum Gasteiger partial charge on any atom is 0.304 e. The Labute approximate surface area is 167 Å². The standard InChI is InChI=1S/C21H21N3O3S/c1-14-18(20(27)23-16-10-6-3-7-11-16)19(15-8-4-2-5-9-15)24-21(22-14)28-13-12-17(25)26/h2-11,19H,12-13H2,1H3,(H,22,24)(H,23,27)(H,25,26). The molecule has 1 amide bonds. The molecule has 1 aliphatic heterocycles. The molecule has 0 spiro atoms. The van der Waals surface area contributed by atoms with Crippen LogP contribution in [0, 0.1) is 0 Å². The molecule has 0 aromatic heterocycles. The van der Waals surface area contributed by atoms with Crippen LogP contribution in [0.4, 0.5) is 5.69 Å². The fraction of sp³-hybridized carbons (Fsp3) is 0.190. The van der Waals surface area contributed by atoms with Gasteiger partial charge in [-0.2, -0.15) is 0 Å². The fourth-order valence-corrected chi connectivity index (χ4v) is 3.72. The van der Waals surface area contributed by atoms with Gasteiger partial charge in [-0.3, -0.25) is 9.59 Å². The number of carboxylic acid groups (broad SMARTS) is 1. The van der Waals surface area contributed by atoms with E-state index in [1.54, 1.807) is 0 Å². The highest BCUT2D eigenvalue weighted by atomic mass is 32.2. The van der Waals surface area contributed by atoms with Gasteiger partial charge in [0.25, 0.3) is 5.91 Å². The van der Waals surface area contributed by atoms with E-state index in [4.69, 9.17) is 10.1 Å². The molecule has 0 radical (unpaired) electrons. The third-order valence-corrected chi connectivity index (χ3v) is 5.05. The minimum absolute atomic E-state index is 0.0471. The van der Waals surface area contributed by atoms with Crippen molar-refractivity contribution in [2.24, 2.45) is 4.99 Å². The van der Waals surface area contributed by atoms with Crippen LogP contribution in [-0.4, -0.2) is 27.9 Å². The highest BCUT2D eigenvalue weighted by Gasteiger charge is 2.29. The van der Waals surface area contributed by atoms with Crippen molar-refractivity contribution in [3.8, 4) is 0 Å². The molecule has 2 aromatic carbocycles. The summed E-state index contributed by atoms with van der Waals surface area (Å²) in [4.78, 5) is 28.5. The van der Waals surface area contributed by atoms with Gasteiger partial charge < -0.3 is 15.7 Å². The van der Waals surface area contributed by atoms with Gasteiger partial charge in [0.2, 0.25) is 0 Å². The van der Waals surface area contributed by atoms with Gasteiger partial charge in [0.1, 0.15) is 6.04 Å². The minimum Gasteiger partial charge on any atom is -0.481 e. The number of para-hydroxylation sites is 1. The Morgan fingerprint density at radius 1 is 1.11 bits per heavy atom. The summed E-state index contributed by atoms with van der Waals surface area (Å²) in [6.45, 7) is 1.84. The van der Waals surface area contributed by atoms with Gasteiger partial charge in [-0.05, 0) is 24.6 Å². The summed E-state index contributed by atoms with van der Waals surface area (Å²) in [6.07, 6.45) is 0.0471. The number of amidine groups is 1. The predicted molar refractivity (Wildman–Crippen MR) is 112 cm³/mol. The van der Waals surface area contributed by atoms with E-state index in [0.717, 1.165) is 5.56 Å². The number of rotatable bonds is 6. The second-order valence-electron chi connectivity index (χ2n) is 6.22. The van der Waals surface area contributed by atoms with Crippen LogP contribution >= 0.6 is 11.8 Å². The van der Waals surface area contributed by atoms with Gasteiger partial charge in [-0.15, -0.1) is 0 Å². The number of amides is 1. The van der Waals surface area contributed by atoms with Crippen LogP contribution in [0.15, 0.2) is 76.9 Å².